The molecular weight excluding hydrogens is 382 g/mol. The molecule has 0 fully saturated rings. The minimum atomic E-state index is 0.0305. The molecule has 0 aliphatic heterocycles. The molecule has 0 aromatic heterocycles. The van der Waals surface area contributed by atoms with Crippen molar-refractivity contribution in [1.29, 1.82) is 0 Å². The molecule has 2 rings (SSSR count). The zero-order valence-electron chi connectivity index (χ0n) is 11.1. The predicted molar refractivity (Wildman–Crippen MR) is 88.9 cm³/mol. The first-order chi connectivity index (χ1) is 9.56. The van der Waals surface area contributed by atoms with E-state index in [4.69, 9.17) is 0 Å². The van der Waals surface area contributed by atoms with Crippen LogP contribution in [0.2, 0.25) is 0 Å². The third-order valence-corrected chi connectivity index (χ3v) is 3.95. The van der Waals surface area contributed by atoms with E-state index in [1.165, 1.54) is 5.56 Å². The van der Waals surface area contributed by atoms with Gasteiger partial charge in [0.05, 0.1) is 0 Å². The van der Waals surface area contributed by atoms with Crippen LogP contribution in [0.3, 0.4) is 0 Å². The topological polar surface area (TPSA) is 20.3 Å². The van der Waals surface area contributed by atoms with E-state index < -0.39 is 0 Å². The zero-order valence-corrected chi connectivity index (χ0v) is 14.3. The maximum atomic E-state index is 12.4. The molecule has 0 unspecified atom stereocenters. The molecule has 2 aromatic carbocycles. The number of nitrogens with zero attached hydrogens (tertiary/aromatic N) is 1. The molecule has 0 bridgehead atoms. The molecule has 0 saturated heterocycles. The van der Waals surface area contributed by atoms with Crippen molar-refractivity contribution in [3.8, 4) is 0 Å². The van der Waals surface area contributed by atoms with Gasteiger partial charge in [-0.05, 0) is 30.2 Å². The minimum Gasteiger partial charge on any atom is -0.341 e. The van der Waals surface area contributed by atoms with Crippen molar-refractivity contribution in [3.05, 3.63) is 68.6 Å². The molecule has 0 radical (unpaired) electrons. The van der Waals surface area contributed by atoms with Gasteiger partial charge in [0.25, 0.3) is 5.91 Å². The molecule has 4 heteroatoms. The number of carbonyl (C=O) groups excluding carboxylic acids is 1. The van der Waals surface area contributed by atoms with Crippen molar-refractivity contribution >= 4 is 37.8 Å². The number of benzene rings is 2. The fourth-order valence-corrected chi connectivity index (χ4v) is 3.23. The summed E-state index contributed by atoms with van der Waals surface area (Å²) < 4.78 is 1.79. The monoisotopic (exact) mass is 395 g/mol. The average molecular weight is 397 g/mol. The standard InChI is InChI=1S/C16H15Br2NO/c1-19(8-7-12-5-3-2-4-6-12)16(20)13-9-14(17)11-15(18)10-13/h2-6,9-11H,7-8H2,1H3. The molecule has 0 atom stereocenters. The van der Waals surface area contributed by atoms with Gasteiger partial charge in [-0.1, -0.05) is 62.2 Å². The molecule has 1 amide bonds. The maximum Gasteiger partial charge on any atom is 0.253 e. The molecule has 2 nitrogen and oxygen atoms in total. The number of likely N-dealkylation sites (N-methyl/N-ethyl adjacent to an activating group) is 1. The molecule has 2 aromatic rings. The highest BCUT2D eigenvalue weighted by Gasteiger charge is 2.12. The Morgan fingerprint density at radius 1 is 1.05 bits per heavy atom. The Kier molecular flexibility index (Phi) is 5.38. The van der Waals surface area contributed by atoms with Gasteiger partial charge in [0, 0.05) is 28.1 Å². The normalized spacial score (nSPS) is 10.3. The lowest BCUT2D eigenvalue weighted by molar-refractivity contribution is 0.0796. The van der Waals surface area contributed by atoms with Crippen LogP contribution in [0.25, 0.3) is 0 Å². The molecule has 0 aliphatic carbocycles. The average Bonchev–Trinajstić information content (AvgIpc) is 2.44. The van der Waals surface area contributed by atoms with E-state index in [0.717, 1.165) is 15.4 Å². The molecule has 0 spiro atoms. The van der Waals surface area contributed by atoms with Gasteiger partial charge in [0.2, 0.25) is 0 Å². The van der Waals surface area contributed by atoms with E-state index in [2.05, 4.69) is 44.0 Å². The van der Waals surface area contributed by atoms with Crippen molar-refractivity contribution in [2.24, 2.45) is 0 Å². The number of hydrogen-bond acceptors (Lipinski definition) is 1. The first-order valence-corrected chi connectivity index (χ1v) is 7.90. The van der Waals surface area contributed by atoms with Gasteiger partial charge >= 0.3 is 0 Å². The van der Waals surface area contributed by atoms with Crippen LogP contribution in [-0.4, -0.2) is 24.4 Å². The van der Waals surface area contributed by atoms with Crippen LogP contribution in [0.1, 0.15) is 15.9 Å². The van der Waals surface area contributed by atoms with E-state index in [-0.39, 0.29) is 5.91 Å². The second-order valence-electron chi connectivity index (χ2n) is 4.62. The van der Waals surface area contributed by atoms with Crippen LogP contribution < -0.4 is 0 Å². The van der Waals surface area contributed by atoms with Crippen LogP contribution in [0.15, 0.2) is 57.5 Å². The number of halogens is 2. The molecule has 0 aliphatic rings. The molecule has 20 heavy (non-hydrogen) atoms. The van der Waals surface area contributed by atoms with E-state index in [1.54, 1.807) is 4.90 Å². The van der Waals surface area contributed by atoms with Crippen LogP contribution in [-0.2, 0) is 6.42 Å². The predicted octanol–water partition coefficient (Wildman–Crippen LogP) is 4.53. The molecule has 0 saturated carbocycles. The fraction of sp³-hybridized carbons (Fsp3) is 0.188. The summed E-state index contributed by atoms with van der Waals surface area (Å²) in [5.74, 6) is 0.0305. The Balaban J connectivity index is 2.01. The van der Waals surface area contributed by atoms with Crippen molar-refractivity contribution in [2.75, 3.05) is 13.6 Å². The van der Waals surface area contributed by atoms with Gasteiger partial charge in [0.15, 0.2) is 0 Å². The summed E-state index contributed by atoms with van der Waals surface area (Å²) in [5.41, 5.74) is 1.92. The van der Waals surface area contributed by atoms with Gasteiger partial charge < -0.3 is 4.90 Å². The minimum absolute atomic E-state index is 0.0305. The Morgan fingerprint density at radius 3 is 2.25 bits per heavy atom. The third kappa shape index (κ3) is 4.18. The SMILES string of the molecule is CN(CCc1ccccc1)C(=O)c1cc(Br)cc(Br)c1. The molecule has 104 valence electrons. The second kappa shape index (κ2) is 7.04. The molecular formula is C16H15Br2NO. The number of rotatable bonds is 4. The van der Waals surface area contributed by atoms with E-state index in [0.29, 0.717) is 12.1 Å². The highest BCUT2D eigenvalue weighted by atomic mass is 79.9. The second-order valence-corrected chi connectivity index (χ2v) is 6.45. The highest BCUT2D eigenvalue weighted by Crippen LogP contribution is 2.21. The first kappa shape index (κ1) is 15.3. The summed E-state index contributed by atoms with van der Waals surface area (Å²) in [6, 6.07) is 15.8. The Labute approximate surface area is 136 Å². The fourth-order valence-electron chi connectivity index (χ4n) is 1.94. The Bertz CT molecular complexity index is 578. The van der Waals surface area contributed by atoms with Crippen LogP contribution in [0, 0.1) is 0 Å². The number of carbonyl (C=O) groups is 1. The quantitative estimate of drug-likeness (QED) is 0.743. The summed E-state index contributed by atoms with van der Waals surface area (Å²) in [6.45, 7) is 0.701. The van der Waals surface area contributed by atoms with E-state index >= 15 is 0 Å². The van der Waals surface area contributed by atoms with E-state index in [9.17, 15) is 4.79 Å². The van der Waals surface area contributed by atoms with Gasteiger partial charge in [-0.2, -0.15) is 0 Å². The van der Waals surface area contributed by atoms with Crippen molar-refractivity contribution in [1.82, 2.24) is 4.90 Å². The highest BCUT2D eigenvalue weighted by molar-refractivity contribution is 9.11. The van der Waals surface area contributed by atoms with Crippen LogP contribution in [0.5, 0.6) is 0 Å². The number of hydrogen-bond donors (Lipinski definition) is 0. The molecule has 0 heterocycles. The summed E-state index contributed by atoms with van der Waals surface area (Å²) >= 11 is 6.81. The van der Waals surface area contributed by atoms with Gasteiger partial charge in [-0.25, -0.2) is 0 Å². The lowest BCUT2D eigenvalue weighted by Gasteiger charge is -2.17. The smallest absolute Gasteiger partial charge is 0.253 e. The first-order valence-electron chi connectivity index (χ1n) is 6.32. The summed E-state index contributed by atoms with van der Waals surface area (Å²) in [4.78, 5) is 14.1. The lowest BCUT2D eigenvalue weighted by atomic mass is 10.1. The van der Waals surface area contributed by atoms with Crippen molar-refractivity contribution in [2.45, 2.75) is 6.42 Å². The van der Waals surface area contributed by atoms with Gasteiger partial charge in [-0.3, -0.25) is 4.79 Å². The Hall–Kier alpha value is -1.13. The largest absolute Gasteiger partial charge is 0.341 e. The third-order valence-electron chi connectivity index (χ3n) is 3.03. The van der Waals surface area contributed by atoms with Crippen molar-refractivity contribution in [3.63, 3.8) is 0 Å². The Morgan fingerprint density at radius 2 is 1.65 bits per heavy atom. The van der Waals surface area contributed by atoms with E-state index in [1.807, 2.05) is 43.4 Å². The van der Waals surface area contributed by atoms with Crippen LogP contribution >= 0.6 is 31.9 Å². The summed E-state index contributed by atoms with van der Waals surface area (Å²) in [6.07, 6.45) is 0.859. The maximum absolute atomic E-state index is 12.4. The van der Waals surface area contributed by atoms with Gasteiger partial charge in [-0.15, -0.1) is 0 Å². The van der Waals surface area contributed by atoms with Crippen LogP contribution in [0.4, 0.5) is 0 Å². The zero-order chi connectivity index (χ0) is 14.5. The van der Waals surface area contributed by atoms with Crippen molar-refractivity contribution < 1.29 is 4.79 Å². The lowest BCUT2D eigenvalue weighted by Crippen LogP contribution is -2.28. The summed E-state index contributed by atoms with van der Waals surface area (Å²) in [5, 5.41) is 0. The summed E-state index contributed by atoms with van der Waals surface area (Å²) in [7, 11) is 1.83. The van der Waals surface area contributed by atoms with Gasteiger partial charge in [0.1, 0.15) is 0 Å². The molecule has 0 N–H and O–H groups in total. The number of amides is 1.